The van der Waals surface area contributed by atoms with Crippen LogP contribution in [0.25, 0.3) is 0 Å². The van der Waals surface area contributed by atoms with Crippen LogP contribution in [0.5, 0.6) is 0 Å². The van der Waals surface area contributed by atoms with Crippen molar-refractivity contribution in [3.63, 3.8) is 0 Å². The Kier molecular flexibility index (Phi) is 3.07. The number of aromatic nitrogens is 2. The van der Waals surface area contributed by atoms with Crippen molar-refractivity contribution in [2.75, 3.05) is 6.54 Å². The molecule has 84 valence electrons. The molecule has 0 saturated heterocycles. The number of hydrogen-bond donors (Lipinski definition) is 2. The summed E-state index contributed by atoms with van der Waals surface area (Å²) in [4.78, 5) is 4.27. The molecule has 0 bridgehead atoms. The standard InChI is InChI=1S/C11H19N3O/c1-8(11-12-5-6-14(11)2)13-7-10(15)9-3-4-9/h5-6,8-10,13,15H,3-4,7H2,1-2H3. The lowest BCUT2D eigenvalue weighted by Gasteiger charge is -2.16. The minimum atomic E-state index is -0.187. The van der Waals surface area contributed by atoms with Gasteiger partial charge in [-0.05, 0) is 25.7 Å². The molecule has 1 fully saturated rings. The van der Waals surface area contributed by atoms with Gasteiger partial charge in [0.05, 0.1) is 12.1 Å². The van der Waals surface area contributed by atoms with Crippen LogP contribution in [0.3, 0.4) is 0 Å². The van der Waals surface area contributed by atoms with E-state index in [2.05, 4.69) is 17.2 Å². The van der Waals surface area contributed by atoms with Crippen molar-refractivity contribution in [1.82, 2.24) is 14.9 Å². The Morgan fingerprint density at radius 1 is 1.67 bits per heavy atom. The van der Waals surface area contributed by atoms with Gasteiger partial charge in [0.2, 0.25) is 0 Å². The zero-order chi connectivity index (χ0) is 10.8. The molecule has 0 aromatic carbocycles. The van der Waals surface area contributed by atoms with E-state index in [0.29, 0.717) is 12.5 Å². The van der Waals surface area contributed by atoms with Crippen LogP contribution in [0.15, 0.2) is 12.4 Å². The van der Waals surface area contributed by atoms with E-state index in [9.17, 15) is 5.11 Å². The monoisotopic (exact) mass is 209 g/mol. The largest absolute Gasteiger partial charge is 0.392 e. The van der Waals surface area contributed by atoms with Crippen molar-refractivity contribution < 1.29 is 5.11 Å². The molecule has 4 nitrogen and oxygen atoms in total. The lowest BCUT2D eigenvalue weighted by Crippen LogP contribution is -2.31. The van der Waals surface area contributed by atoms with Crippen molar-refractivity contribution in [2.24, 2.45) is 13.0 Å². The SMILES string of the molecule is CC(NCC(O)C1CC1)c1nccn1C. The van der Waals surface area contributed by atoms with E-state index in [0.717, 1.165) is 5.82 Å². The lowest BCUT2D eigenvalue weighted by atomic mass is 10.2. The molecular weight excluding hydrogens is 190 g/mol. The summed E-state index contributed by atoms with van der Waals surface area (Å²) in [5.41, 5.74) is 0. The second-order valence-electron chi connectivity index (χ2n) is 4.43. The average molecular weight is 209 g/mol. The van der Waals surface area contributed by atoms with Crippen LogP contribution in [0.2, 0.25) is 0 Å². The summed E-state index contributed by atoms with van der Waals surface area (Å²) < 4.78 is 2.00. The first-order valence-corrected chi connectivity index (χ1v) is 5.57. The Balaban J connectivity index is 1.81. The van der Waals surface area contributed by atoms with Gasteiger partial charge in [-0.1, -0.05) is 0 Å². The zero-order valence-electron chi connectivity index (χ0n) is 9.35. The van der Waals surface area contributed by atoms with Gasteiger partial charge in [0, 0.05) is 26.0 Å². The molecule has 1 aromatic heterocycles. The number of aliphatic hydroxyl groups excluding tert-OH is 1. The highest BCUT2D eigenvalue weighted by Gasteiger charge is 2.29. The summed E-state index contributed by atoms with van der Waals surface area (Å²) in [5.74, 6) is 1.55. The molecule has 1 aliphatic carbocycles. The Morgan fingerprint density at radius 2 is 2.40 bits per heavy atom. The van der Waals surface area contributed by atoms with Crippen molar-refractivity contribution in [2.45, 2.75) is 31.9 Å². The number of rotatable bonds is 5. The number of aliphatic hydroxyl groups is 1. The van der Waals surface area contributed by atoms with E-state index in [-0.39, 0.29) is 12.1 Å². The van der Waals surface area contributed by atoms with Gasteiger partial charge in [0.25, 0.3) is 0 Å². The van der Waals surface area contributed by atoms with Gasteiger partial charge >= 0.3 is 0 Å². The van der Waals surface area contributed by atoms with Crippen LogP contribution in [0, 0.1) is 5.92 Å². The van der Waals surface area contributed by atoms with Crippen molar-refractivity contribution in [3.8, 4) is 0 Å². The smallest absolute Gasteiger partial charge is 0.125 e. The fourth-order valence-corrected chi connectivity index (χ4v) is 1.83. The van der Waals surface area contributed by atoms with E-state index in [4.69, 9.17) is 0 Å². The van der Waals surface area contributed by atoms with Crippen molar-refractivity contribution >= 4 is 0 Å². The minimum Gasteiger partial charge on any atom is -0.392 e. The quantitative estimate of drug-likeness (QED) is 0.755. The predicted octanol–water partition coefficient (Wildman–Crippen LogP) is 0.842. The second kappa shape index (κ2) is 4.33. The van der Waals surface area contributed by atoms with Gasteiger partial charge in [0.1, 0.15) is 5.82 Å². The number of imidazole rings is 1. The van der Waals surface area contributed by atoms with Crippen molar-refractivity contribution in [3.05, 3.63) is 18.2 Å². The van der Waals surface area contributed by atoms with Gasteiger partial charge in [-0.2, -0.15) is 0 Å². The third-order valence-corrected chi connectivity index (χ3v) is 3.05. The molecule has 15 heavy (non-hydrogen) atoms. The third kappa shape index (κ3) is 2.58. The van der Waals surface area contributed by atoms with E-state index in [1.165, 1.54) is 12.8 Å². The molecule has 2 atom stereocenters. The fourth-order valence-electron chi connectivity index (χ4n) is 1.83. The molecule has 4 heteroatoms. The minimum absolute atomic E-state index is 0.187. The van der Waals surface area contributed by atoms with E-state index < -0.39 is 0 Å². The summed E-state index contributed by atoms with van der Waals surface area (Å²) in [7, 11) is 1.98. The molecule has 2 rings (SSSR count). The molecule has 0 amide bonds. The molecule has 1 heterocycles. The van der Waals surface area contributed by atoms with Gasteiger partial charge in [0.15, 0.2) is 0 Å². The molecule has 0 radical (unpaired) electrons. The van der Waals surface area contributed by atoms with Crippen LogP contribution < -0.4 is 5.32 Å². The first-order chi connectivity index (χ1) is 7.18. The fraction of sp³-hybridized carbons (Fsp3) is 0.727. The molecular formula is C11H19N3O. The first kappa shape index (κ1) is 10.6. The maximum atomic E-state index is 9.71. The van der Waals surface area contributed by atoms with Gasteiger partial charge in [-0.3, -0.25) is 0 Å². The Labute approximate surface area is 90.3 Å². The number of nitrogens with zero attached hydrogens (tertiary/aromatic N) is 2. The Bertz CT molecular complexity index is 319. The van der Waals surface area contributed by atoms with E-state index in [1.54, 1.807) is 6.20 Å². The Hall–Kier alpha value is -0.870. The summed E-state index contributed by atoms with van der Waals surface area (Å²) in [5, 5.41) is 13.0. The molecule has 0 spiro atoms. The van der Waals surface area contributed by atoms with E-state index >= 15 is 0 Å². The summed E-state index contributed by atoms with van der Waals surface area (Å²) in [6.45, 7) is 2.74. The summed E-state index contributed by atoms with van der Waals surface area (Å²) in [6, 6.07) is 0.193. The van der Waals surface area contributed by atoms with Crippen LogP contribution in [-0.2, 0) is 7.05 Å². The molecule has 2 N–H and O–H groups in total. The highest BCUT2D eigenvalue weighted by molar-refractivity contribution is 4.97. The van der Waals surface area contributed by atoms with E-state index in [1.807, 2.05) is 17.8 Å². The molecule has 2 unspecified atom stereocenters. The number of nitrogens with one attached hydrogen (secondary N) is 1. The third-order valence-electron chi connectivity index (χ3n) is 3.05. The molecule has 1 aliphatic rings. The number of hydrogen-bond acceptors (Lipinski definition) is 3. The first-order valence-electron chi connectivity index (χ1n) is 5.57. The summed E-state index contributed by atoms with van der Waals surface area (Å²) in [6.07, 6.45) is 5.90. The van der Waals surface area contributed by atoms with Crippen LogP contribution >= 0.6 is 0 Å². The maximum Gasteiger partial charge on any atom is 0.125 e. The predicted molar refractivity (Wildman–Crippen MR) is 58.4 cm³/mol. The normalized spacial score (nSPS) is 20.2. The molecule has 1 saturated carbocycles. The van der Waals surface area contributed by atoms with Crippen LogP contribution in [0.4, 0.5) is 0 Å². The van der Waals surface area contributed by atoms with Crippen molar-refractivity contribution in [1.29, 1.82) is 0 Å². The zero-order valence-corrected chi connectivity index (χ0v) is 9.35. The van der Waals surface area contributed by atoms with Gasteiger partial charge in [-0.15, -0.1) is 0 Å². The number of aryl methyl sites for hydroxylation is 1. The lowest BCUT2D eigenvalue weighted by molar-refractivity contribution is 0.145. The Morgan fingerprint density at radius 3 is 2.93 bits per heavy atom. The average Bonchev–Trinajstić information content (AvgIpc) is 2.98. The second-order valence-corrected chi connectivity index (χ2v) is 4.43. The highest BCUT2D eigenvalue weighted by Crippen LogP contribution is 2.32. The molecule has 0 aliphatic heterocycles. The van der Waals surface area contributed by atoms with Crippen LogP contribution in [0.1, 0.15) is 31.6 Å². The van der Waals surface area contributed by atoms with Crippen LogP contribution in [-0.4, -0.2) is 27.3 Å². The van der Waals surface area contributed by atoms with Gasteiger partial charge < -0.3 is 15.0 Å². The topological polar surface area (TPSA) is 50.1 Å². The van der Waals surface area contributed by atoms with Gasteiger partial charge in [-0.25, -0.2) is 4.98 Å². The molecule has 1 aromatic rings. The summed E-state index contributed by atoms with van der Waals surface area (Å²) >= 11 is 0. The maximum absolute atomic E-state index is 9.71. The highest BCUT2D eigenvalue weighted by atomic mass is 16.3.